The maximum absolute atomic E-state index is 11.1. The monoisotopic (exact) mass is 224 g/mol. The summed E-state index contributed by atoms with van der Waals surface area (Å²) in [6.07, 6.45) is 2.39. The Morgan fingerprint density at radius 1 is 1.29 bits per heavy atom. The molecule has 82 valence electrons. The van der Waals surface area contributed by atoms with Crippen molar-refractivity contribution in [1.29, 1.82) is 10.5 Å². The van der Waals surface area contributed by atoms with Crippen LogP contribution in [0.1, 0.15) is 5.56 Å². The molecule has 1 rings (SSSR count). The Kier molecular flexibility index (Phi) is 4.24. The fourth-order valence-electron chi connectivity index (χ4n) is 1.09. The fraction of sp³-hybridized carbons (Fsp3) is 0. The second-order valence-corrected chi connectivity index (χ2v) is 2.94. The van der Waals surface area contributed by atoms with Crippen LogP contribution in [0, 0.1) is 22.7 Å². The van der Waals surface area contributed by atoms with Crippen molar-refractivity contribution in [2.24, 2.45) is 0 Å². The number of carbonyl (C=O) groups is 1. The van der Waals surface area contributed by atoms with E-state index in [2.05, 4.69) is 6.58 Å². The van der Waals surface area contributed by atoms with Gasteiger partial charge in [-0.05, 0) is 12.1 Å². The molecule has 4 nitrogen and oxygen atoms in total. The molecule has 0 heterocycles. The third kappa shape index (κ3) is 3.33. The second kappa shape index (κ2) is 5.89. The highest BCUT2D eigenvalue weighted by Gasteiger charge is 2.05. The number of carbonyl (C=O) groups excluding carboxylic acids is 1. The largest absolute Gasteiger partial charge is 0.423 e. The molecular weight excluding hydrogens is 216 g/mol. The fourth-order valence-corrected chi connectivity index (χ4v) is 1.09. The lowest BCUT2D eigenvalue weighted by Gasteiger charge is -2.04. The predicted molar refractivity (Wildman–Crippen MR) is 61.5 cm³/mol. The Hall–Kier alpha value is -2.85. The third-order valence-electron chi connectivity index (χ3n) is 1.84. The SMILES string of the molecule is C=CC(=O)Oc1ccccc1C=C(C#N)C#N. The highest BCUT2D eigenvalue weighted by molar-refractivity contribution is 5.84. The van der Waals surface area contributed by atoms with Crippen LogP contribution in [0.15, 0.2) is 42.5 Å². The van der Waals surface area contributed by atoms with E-state index in [0.29, 0.717) is 5.56 Å². The van der Waals surface area contributed by atoms with Gasteiger partial charge < -0.3 is 4.74 Å². The van der Waals surface area contributed by atoms with Crippen LogP contribution >= 0.6 is 0 Å². The first-order chi connectivity index (χ1) is 8.21. The Morgan fingerprint density at radius 3 is 2.53 bits per heavy atom. The summed E-state index contributed by atoms with van der Waals surface area (Å²) < 4.78 is 4.96. The first-order valence-corrected chi connectivity index (χ1v) is 4.66. The van der Waals surface area contributed by atoms with Crippen molar-refractivity contribution < 1.29 is 9.53 Å². The maximum Gasteiger partial charge on any atom is 0.335 e. The van der Waals surface area contributed by atoms with Gasteiger partial charge in [0, 0.05) is 11.6 Å². The summed E-state index contributed by atoms with van der Waals surface area (Å²) in [5, 5.41) is 17.3. The summed E-state index contributed by atoms with van der Waals surface area (Å²) in [5.41, 5.74) is 0.424. The van der Waals surface area contributed by atoms with Gasteiger partial charge in [0.25, 0.3) is 0 Å². The normalized spacial score (nSPS) is 8.35. The van der Waals surface area contributed by atoms with E-state index in [1.165, 1.54) is 6.08 Å². The van der Waals surface area contributed by atoms with Gasteiger partial charge in [-0.1, -0.05) is 24.8 Å². The minimum Gasteiger partial charge on any atom is -0.423 e. The molecule has 0 N–H and O–H groups in total. The summed E-state index contributed by atoms with van der Waals surface area (Å²) in [4.78, 5) is 11.1. The summed E-state index contributed by atoms with van der Waals surface area (Å²) in [6.45, 7) is 3.29. The molecule has 17 heavy (non-hydrogen) atoms. The van der Waals surface area contributed by atoms with Crippen molar-refractivity contribution in [3.63, 3.8) is 0 Å². The van der Waals surface area contributed by atoms with Crippen molar-refractivity contribution in [2.45, 2.75) is 0 Å². The zero-order chi connectivity index (χ0) is 12.7. The van der Waals surface area contributed by atoms with Crippen LogP contribution in [-0.4, -0.2) is 5.97 Å². The van der Waals surface area contributed by atoms with Gasteiger partial charge in [-0.2, -0.15) is 10.5 Å². The van der Waals surface area contributed by atoms with Gasteiger partial charge in [0.15, 0.2) is 0 Å². The van der Waals surface area contributed by atoms with Gasteiger partial charge in [0.05, 0.1) is 0 Å². The minimum absolute atomic E-state index is 0.0629. The van der Waals surface area contributed by atoms with E-state index in [-0.39, 0.29) is 11.3 Å². The number of benzene rings is 1. The lowest BCUT2D eigenvalue weighted by atomic mass is 10.1. The standard InChI is InChI=1S/C13H8N2O2/c1-2-13(16)17-12-6-4-3-5-11(12)7-10(8-14)9-15/h2-7H,1H2. The highest BCUT2D eigenvalue weighted by atomic mass is 16.5. The molecule has 0 aliphatic carbocycles. The average molecular weight is 224 g/mol. The maximum atomic E-state index is 11.1. The average Bonchev–Trinajstić information content (AvgIpc) is 2.37. The molecule has 0 saturated carbocycles. The van der Waals surface area contributed by atoms with Crippen LogP contribution in [0.2, 0.25) is 0 Å². The van der Waals surface area contributed by atoms with Gasteiger partial charge in [-0.25, -0.2) is 4.79 Å². The molecule has 0 unspecified atom stereocenters. The van der Waals surface area contributed by atoms with E-state index >= 15 is 0 Å². The summed E-state index contributed by atoms with van der Waals surface area (Å²) >= 11 is 0. The second-order valence-electron chi connectivity index (χ2n) is 2.94. The first kappa shape index (κ1) is 12.2. The van der Waals surface area contributed by atoms with Gasteiger partial charge in [-0.15, -0.1) is 0 Å². The quantitative estimate of drug-likeness (QED) is 0.341. The van der Waals surface area contributed by atoms with Gasteiger partial charge in [0.2, 0.25) is 0 Å². The molecule has 0 fully saturated rings. The summed E-state index contributed by atoms with van der Waals surface area (Å²) in [5.74, 6) is -0.318. The lowest BCUT2D eigenvalue weighted by Crippen LogP contribution is -2.04. The van der Waals surface area contributed by atoms with Crippen LogP contribution in [0.3, 0.4) is 0 Å². The van der Waals surface area contributed by atoms with E-state index < -0.39 is 5.97 Å². The summed E-state index contributed by atoms with van der Waals surface area (Å²) in [7, 11) is 0. The van der Waals surface area contributed by atoms with Gasteiger partial charge in [-0.3, -0.25) is 0 Å². The number of hydrogen-bond donors (Lipinski definition) is 0. The number of nitriles is 2. The van der Waals surface area contributed by atoms with Crippen LogP contribution in [0.25, 0.3) is 6.08 Å². The minimum atomic E-state index is -0.596. The molecule has 0 aliphatic heterocycles. The molecule has 0 atom stereocenters. The van der Waals surface area contributed by atoms with Crippen LogP contribution in [0.4, 0.5) is 0 Å². The Labute approximate surface area is 98.7 Å². The molecule has 0 aliphatic rings. The molecule has 0 spiro atoms. The van der Waals surface area contributed by atoms with Crippen LogP contribution in [0.5, 0.6) is 5.75 Å². The zero-order valence-corrected chi connectivity index (χ0v) is 8.88. The molecular formula is C13H8N2O2. The highest BCUT2D eigenvalue weighted by Crippen LogP contribution is 2.21. The summed E-state index contributed by atoms with van der Waals surface area (Å²) in [6, 6.07) is 10.1. The van der Waals surface area contributed by atoms with Crippen molar-refractivity contribution in [3.8, 4) is 17.9 Å². The van der Waals surface area contributed by atoms with Gasteiger partial charge in [0.1, 0.15) is 23.5 Å². The Morgan fingerprint density at radius 2 is 1.94 bits per heavy atom. The Balaban J connectivity index is 3.14. The number of hydrogen-bond acceptors (Lipinski definition) is 4. The molecule has 1 aromatic rings. The smallest absolute Gasteiger partial charge is 0.335 e. The van der Waals surface area contributed by atoms with E-state index in [4.69, 9.17) is 15.3 Å². The van der Waals surface area contributed by atoms with Crippen molar-refractivity contribution in [2.75, 3.05) is 0 Å². The first-order valence-electron chi connectivity index (χ1n) is 4.66. The van der Waals surface area contributed by atoms with Crippen molar-refractivity contribution in [3.05, 3.63) is 48.1 Å². The number of ether oxygens (including phenoxy) is 1. The van der Waals surface area contributed by atoms with Crippen LogP contribution < -0.4 is 4.74 Å². The number of nitrogens with zero attached hydrogens (tertiary/aromatic N) is 2. The lowest BCUT2D eigenvalue weighted by molar-refractivity contribution is -0.128. The Bertz CT molecular complexity index is 544. The number of para-hydroxylation sites is 1. The van der Waals surface area contributed by atoms with E-state index in [0.717, 1.165) is 6.08 Å². The van der Waals surface area contributed by atoms with E-state index in [9.17, 15) is 4.79 Å². The predicted octanol–water partition coefficient (Wildman–Crippen LogP) is 2.21. The topological polar surface area (TPSA) is 73.9 Å². The third-order valence-corrected chi connectivity index (χ3v) is 1.84. The molecule has 0 bridgehead atoms. The van der Waals surface area contributed by atoms with Gasteiger partial charge >= 0.3 is 5.97 Å². The molecule has 1 aromatic carbocycles. The molecule has 0 saturated heterocycles. The van der Waals surface area contributed by atoms with Crippen LogP contribution in [-0.2, 0) is 4.79 Å². The molecule has 4 heteroatoms. The molecule has 0 radical (unpaired) electrons. The molecule has 0 amide bonds. The molecule has 0 aromatic heterocycles. The number of esters is 1. The number of rotatable bonds is 3. The number of allylic oxidation sites excluding steroid dienone is 1. The van der Waals surface area contributed by atoms with E-state index in [1.807, 2.05) is 0 Å². The van der Waals surface area contributed by atoms with Crippen molar-refractivity contribution in [1.82, 2.24) is 0 Å². The van der Waals surface area contributed by atoms with Crippen molar-refractivity contribution >= 4 is 12.0 Å². The zero-order valence-electron chi connectivity index (χ0n) is 8.88. The van der Waals surface area contributed by atoms with E-state index in [1.54, 1.807) is 36.4 Å².